The fourth-order valence-electron chi connectivity index (χ4n) is 5.46. The molecule has 7 heteroatoms. The monoisotopic (exact) mass is 477 g/mol. The molecule has 2 aromatic rings. The topological polar surface area (TPSA) is 70.7 Å². The molecule has 2 aliphatic heterocycles. The Morgan fingerprint density at radius 2 is 1.94 bits per heavy atom. The van der Waals surface area contributed by atoms with E-state index in [-0.39, 0.29) is 35.6 Å². The summed E-state index contributed by atoms with van der Waals surface area (Å²) in [6, 6.07) is 13.5. The second-order valence-corrected chi connectivity index (χ2v) is 10.5. The summed E-state index contributed by atoms with van der Waals surface area (Å²) in [6.07, 6.45) is 3.12. The normalized spacial score (nSPS) is 23.3. The zero-order chi connectivity index (χ0) is 24.6. The standard InChI is InChI=1S/C28H32FN3O3/c1-28(2)14-22-26(24(33)15-28)27(18-9-11-19(29)12-10-18)32(23-8-4-3-7-21(23)31-22)17-25(34)30-16-20-6-5-13-35-20/h3-4,7-12,20,27,31H,5-6,13-17H2,1-2H3,(H,30,34). The first-order valence-corrected chi connectivity index (χ1v) is 12.3. The molecule has 3 aliphatic rings. The van der Waals surface area contributed by atoms with E-state index in [1.54, 1.807) is 12.1 Å². The number of ketones is 1. The van der Waals surface area contributed by atoms with Crippen LogP contribution in [0, 0.1) is 11.2 Å². The van der Waals surface area contributed by atoms with Gasteiger partial charge in [-0.2, -0.15) is 0 Å². The van der Waals surface area contributed by atoms with Gasteiger partial charge in [0.05, 0.1) is 30.1 Å². The number of para-hydroxylation sites is 2. The lowest BCUT2D eigenvalue weighted by atomic mass is 9.73. The van der Waals surface area contributed by atoms with E-state index in [1.165, 1.54) is 12.1 Å². The molecule has 2 N–H and O–H groups in total. The maximum absolute atomic E-state index is 13.9. The van der Waals surface area contributed by atoms with Gasteiger partial charge < -0.3 is 20.3 Å². The van der Waals surface area contributed by atoms with E-state index in [0.29, 0.717) is 25.0 Å². The van der Waals surface area contributed by atoms with Gasteiger partial charge in [0.1, 0.15) is 5.82 Å². The van der Waals surface area contributed by atoms with Crippen molar-refractivity contribution in [1.82, 2.24) is 5.32 Å². The van der Waals surface area contributed by atoms with Crippen molar-refractivity contribution in [2.45, 2.75) is 51.7 Å². The molecule has 6 nitrogen and oxygen atoms in total. The van der Waals surface area contributed by atoms with Gasteiger partial charge in [-0.15, -0.1) is 0 Å². The molecule has 2 atom stereocenters. The van der Waals surface area contributed by atoms with E-state index >= 15 is 0 Å². The number of nitrogens with zero attached hydrogens (tertiary/aromatic N) is 1. The number of hydrogen-bond donors (Lipinski definition) is 2. The zero-order valence-electron chi connectivity index (χ0n) is 20.3. The van der Waals surface area contributed by atoms with E-state index < -0.39 is 6.04 Å². The van der Waals surface area contributed by atoms with E-state index in [2.05, 4.69) is 24.5 Å². The average Bonchev–Trinajstić information content (AvgIpc) is 3.29. The Morgan fingerprint density at radius 3 is 2.69 bits per heavy atom. The van der Waals surface area contributed by atoms with Crippen LogP contribution in [-0.4, -0.2) is 37.5 Å². The molecule has 1 saturated heterocycles. The van der Waals surface area contributed by atoms with E-state index in [4.69, 9.17) is 4.74 Å². The summed E-state index contributed by atoms with van der Waals surface area (Å²) in [4.78, 5) is 28.8. The van der Waals surface area contributed by atoms with Crippen LogP contribution in [0.15, 0.2) is 59.8 Å². The molecule has 0 radical (unpaired) electrons. The molecule has 2 aromatic carbocycles. The number of carbonyl (C=O) groups is 2. The Morgan fingerprint density at radius 1 is 1.17 bits per heavy atom. The molecule has 2 unspecified atom stereocenters. The SMILES string of the molecule is CC1(C)CC(=O)C2=C(C1)Nc1ccccc1N(CC(=O)NCC1CCCO1)C2c1ccc(F)cc1. The van der Waals surface area contributed by atoms with Gasteiger partial charge in [0, 0.05) is 30.8 Å². The molecule has 1 fully saturated rings. The minimum Gasteiger partial charge on any atom is -0.376 e. The van der Waals surface area contributed by atoms with Gasteiger partial charge in [0.2, 0.25) is 5.91 Å². The Bertz CT molecular complexity index is 1150. The Balaban J connectivity index is 1.57. The van der Waals surface area contributed by atoms with Crippen LogP contribution >= 0.6 is 0 Å². The lowest BCUT2D eigenvalue weighted by Gasteiger charge is -2.38. The summed E-state index contributed by atoms with van der Waals surface area (Å²) in [5.74, 6) is -0.433. The second-order valence-electron chi connectivity index (χ2n) is 10.5. The van der Waals surface area contributed by atoms with Gasteiger partial charge in [-0.25, -0.2) is 4.39 Å². The van der Waals surface area contributed by atoms with Crippen LogP contribution in [0.1, 0.15) is 51.1 Å². The van der Waals surface area contributed by atoms with Crippen LogP contribution in [0.4, 0.5) is 15.8 Å². The molecule has 184 valence electrons. The van der Waals surface area contributed by atoms with Crippen molar-refractivity contribution in [2.75, 3.05) is 29.9 Å². The van der Waals surface area contributed by atoms with Crippen molar-refractivity contribution < 1.29 is 18.7 Å². The van der Waals surface area contributed by atoms with Crippen molar-refractivity contribution >= 4 is 23.1 Å². The highest BCUT2D eigenvalue weighted by atomic mass is 19.1. The maximum atomic E-state index is 13.9. The number of nitrogens with one attached hydrogen (secondary N) is 2. The number of ether oxygens (including phenoxy) is 1. The quantitative estimate of drug-likeness (QED) is 0.651. The predicted octanol–water partition coefficient (Wildman–Crippen LogP) is 4.74. The first-order valence-electron chi connectivity index (χ1n) is 12.3. The van der Waals surface area contributed by atoms with Crippen LogP contribution in [-0.2, 0) is 14.3 Å². The summed E-state index contributed by atoms with van der Waals surface area (Å²) in [5.41, 5.74) is 3.79. The molecule has 2 heterocycles. The number of allylic oxidation sites excluding steroid dienone is 1. The molecular weight excluding hydrogens is 445 g/mol. The molecule has 0 spiro atoms. The van der Waals surface area contributed by atoms with Crippen molar-refractivity contribution in [3.8, 4) is 0 Å². The van der Waals surface area contributed by atoms with Gasteiger partial charge in [-0.1, -0.05) is 38.1 Å². The van der Waals surface area contributed by atoms with Crippen LogP contribution in [0.25, 0.3) is 0 Å². The number of anilines is 2. The van der Waals surface area contributed by atoms with Crippen molar-refractivity contribution in [3.63, 3.8) is 0 Å². The van der Waals surface area contributed by atoms with E-state index in [1.807, 2.05) is 29.2 Å². The Hall–Kier alpha value is -3.19. The molecule has 0 saturated carbocycles. The number of Topliss-reactive ketones (excluding diaryl/α,β-unsaturated/α-hetero) is 1. The summed E-state index contributed by atoms with van der Waals surface area (Å²) in [5, 5.41) is 6.54. The van der Waals surface area contributed by atoms with E-state index in [0.717, 1.165) is 42.1 Å². The minimum atomic E-state index is -0.515. The number of halogens is 1. The second kappa shape index (κ2) is 9.46. The number of carbonyl (C=O) groups excluding carboxylic acids is 2. The largest absolute Gasteiger partial charge is 0.376 e. The van der Waals surface area contributed by atoms with Crippen molar-refractivity contribution in [3.05, 3.63) is 71.2 Å². The summed E-state index contributed by atoms with van der Waals surface area (Å²) < 4.78 is 19.5. The number of hydrogen-bond acceptors (Lipinski definition) is 5. The molecule has 1 aliphatic carbocycles. The number of fused-ring (bicyclic) bond motifs is 1. The molecule has 1 amide bonds. The van der Waals surface area contributed by atoms with E-state index in [9.17, 15) is 14.0 Å². The van der Waals surface area contributed by atoms with Gasteiger partial charge >= 0.3 is 0 Å². The average molecular weight is 478 g/mol. The first-order chi connectivity index (χ1) is 16.8. The van der Waals surface area contributed by atoms with Crippen molar-refractivity contribution in [1.29, 1.82) is 0 Å². The highest BCUT2D eigenvalue weighted by Crippen LogP contribution is 2.48. The molecule has 0 bridgehead atoms. The van der Waals surface area contributed by atoms with Gasteiger partial charge in [0.15, 0.2) is 5.78 Å². The third-order valence-corrected chi connectivity index (χ3v) is 7.05. The van der Waals surface area contributed by atoms with Gasteiger partial charge in [0.25, 0.3) is 0 Å². The lowest BCUT2D eigenvalue weighted by Crippen LogP contribution is -2.43. The number of rotatable bonds is 5. The summed E-state index contributed by atoms with van der Waals surface area (Å²) >= 11 is 0. The third kappa shape index (κ3) is 4.96. The highest BCUT2D eigenvalue weighted by Gasteiger charge is 2.41. The molecular formula is C28H32FN3O3. The third-order valence-electron chi connectivity index (χ3n) is 7.05. The summed E-state index contributed by atoms with van der Waals surface area (Å²) in [6.45, 7) is 5.44. The molecule has 0 aromatic heterocycles. The fourth-order valence-corrected chi connectivity index (χ4v) is 5.46. The maximum Gasteiger partial charge on any atom is 0.239 e. The minimum absolute atomic E-state index is 0.0430. The van der Waals surface area contributed by atoms with Crippen LogP contribution in [0.3, 0.4) is 0 Å². The van der Waals surface area contributed by atoms with Crippen LogP contribution in [0.2, 0.25) is 0 Å². The van der Waals surface area contributed by atoms with Crippen LogP contribution < -0.4 is 15.5 Å². The van der Waals surface area contributed by atoms with Gasteiger partial charge in [-0.05, 0) is 54.5 Å². The smallest absolute Gasteiger partial charge is 0.239 e. The highest BCUT2D eigenvalue weighted by molar-refractivity contribution is 6.01. The molecule has 5 rings (SSSR count). The van der Waals surface area contributed by atoms with Crippen LogP contribution in [0.5, 0.6) is 0 Å². The Labute approximate surface area is 205 Å². The lowest BCUT2D eigenvalue weighted by molar-refractivity contribution is -0.121. The van der Waals surface area contributed by atoms with Crippen molar-refractivity contribution in [2.24, 2.45) is 5.41 Å². The Kier molecular flexibility index (Phi) is 6.36. The summed E-state index contributed by atoms with van der Waals surface area (Å²) in [7, 11) is 0. The predicted molar refractivity (Wildman–Crippen MR) is 134 cm³/mol. The number of benzene rings is 2. The van der Waals surface area contributed by atoms with Gasteiger partial charge in [-0.3, -0.25) is 9.59 Å². The number of amides is 1. The first kappa shape index (κ1) is 23.5. The fraction of sp³-hybridized carbons (Fsp3) is 0.429. The molecule has 35 heavy (non-hydrogen) atoms. The zero-order valence-corrected chi connectivity index (χ0v) is 20.3.